The van der Waals surface area contributed by atoms with Crippen LogP contribution in [0.2, 0.25) is 5.02 Å². The molecule has 0 atom stereocenters. The van der Waals surface area contributed by atoms with E-state index in [1.807, 2.05) is 12.4 Å². The van der Waals surface area contributed by atoms with Gasteiger partial charge in [-0.25, -0.2) is 0 Å². The van der Waals surface area contributed by atoms with Gasteiger partial charge in [0.15, 0.2) is 0 Å². The number of nitrogens with one attached hydrogen (secondary N) is 1. The number of nitrogens with zero attached hydrogens (tertiary/aromatic N) is 1. The van der Waals surface area contributed by atoms with Gasteiger partial charge >= 0.3 is 0 Å². The lowest BCUT2D eigenvalue weighted by Crippen LogP contribution is -2.01. The van der Waals surface area contributed by atoms with Gasteiger partial charge in [0.2, 0.25) is 0 Å². The SMILES string of the molecule is Clc1cc2c(cc1NCc1cccc3cnccc13)CCC2. The minimum Gasteiger partial charge on any atom is -0.380 e. The zero-order valence-corrected chi connectivity index (χ0v) is 13.0. The Morgan fingerprint density at radius 3 is 2.86 bits per heavy atom. The third-order valence-corrected chi connectivity index (χ3v) is 4.73. The van der Waals surface area contributed by atoms with E-state index in [1.54, 1.807) is 0 Å². The Morgan fingerprint density at radius 1 is 1.09 bits per heavy atom. The fourth-order valence-corrected chi connectivity index (χ4v) is 3.52. The van der Waals surface area contributed by atoms with Gasteiger partial charge < -0.3 is 5.32 Å². The van der Waals surface area contributed by atoms with Gasteiger partial charge in [0, 0.05) is 24.3 Å². The molecule has 1 aromatic heterocycles. The van der Waals surface area contributed by atoms with Gasteiger partial charge in [-0.1, -0.05) is 29.8 Å². The summed E-state index contributed by atoms with van der Waals surface area (Å²) in [5, 5.41) is 6.73. The van der Waals surface area contributed by atoms with E-state index in [0.717, 1.165) is 23.7 Å². The molecule has 4 rings (SSSR count). The number of aryl methyl sites for hydroxylation is 2. The molecule has 0 bridgehead atoms. The maximum Gasteiger partial charge on any atom is 0.0640 e. The van der Waals surface area contributed by atoms with E-state index < -0.39 is 0 Å². The lowest BCUT2D eigenvalue weighted by molar-refractivity contribution is 0.912. The Bertz CT molecular complexity index is 837. The van der Waals surface area contributed by atoms with Crippen LogP contribution in [0.4, 0.5) is 5.69 Å². The molecule has 1 N–H and O–H groups in total. The summed E-state index contributed by atoms with van der Waals surface area (Å²) in [4.78, 5) is 4.18. The number of benzene rings is 2. The van der Waals surface area contributed by atoms with Crippen molar-refractivity contribution >= 4 is 28.1 Å². The van der Waals surface area contributed by atoms with Crippen LogP contribution < -0.4 is 5.32 Å². The van der Waals surface area contributed by atoms with E-state index in [1.165, 1.54) is 40.3 Å². The summed E-state index contributed by atoms with van der Waals surface area (Å²) in [6, 6.07) is 12.7. The summed E-state index contributed by atoms with van der Waals surface area (Å²) >= 11 is 6.42. The van der Waals surface area contributed by atoms with E-state index in [-0.39, 0.29) is 0 Å². The minimum absolute atomic E-state index is 0.764. The van der Waals surface area contributed by atoms with Crippen LogP contribution in [-0.4, -0.2) is 4.98 Å². The zero-order chi connectivity index (χ0) is 14.9. The van der Waals surface area contributed by atoms with Gasteiger partial charge in [-0.2, -0.15) is 0 Å². The van der Waals surface area contributed by atoms with Crippen LogP contribution >= 0.6 is 11.6 Å². The molecule has 3 aromatic rings. The molecule has 0 spiro atoms. The lowest BCUT2D eigenvalue weighted by Gasteiger charge is -2.12. The molecule has 0 aliphatic heterocycles. The van der Waals surface area contributed by atoms with Crippen molar-refractivity contribution in [2.24, 2.45) is 0 Å². The zero-order valence-electron chi connectivity index (χ0n) is 12.3. The number of aromatic nitrogens is 1. The Morgan fingerprint density at radius 2 is 1.95 bits per heavy atom. The molecule has 2 aromatic carbocycles. The van der Waals surface area contributed by atoms with Crippen molar-refractivity contribution in [3.8, 4) is 0 Å². The van der Waals surface area contributed by atoms with Crippen LogP contribution in [0.25, 0.3) is 10.8 Å². The van der Waals surface area contributed by atoms with E-state index in [9.17, 15) is 0 Å². The standard InChI is InChI=1S/C19H17ClN2/c20-18-9-13-3-1-4-14(13)10-19(18)22-12-16-6-2-5-15-11-21-8-7-17(15)16/h2,5-11,22H,1,3-4,12H2. The number of pyridine rings is 1. The van der Waals surface area contributed by atoms with Gasteiger partial charge in [0.25, 0.3) is 0 Å². The van der Waals surface area contributed by atoms with E-state index >= 15 is 0 Å². The highest BCUT2D eigenvalue weighted by atomic mass is 35.5. The number of hydrogen-bond acceptors (Lipinski definition) is 2. The Kier molecular flexibility index (Phi) is 3.47. The Labute approximate surface area is 135 Å². The Hall–Kier alpha value is -2.06. The molecule has 2 nitrogen and oxygen atoms in total. The van der Waals surface area contributed by atoms with Crippen LogP contribution in [0.3, 0.4) is 0 Å². The van der Waals surface area contributed by atoms with Crippen LogP contribution in [0.1, 0.15) is 23.1 Å². The molecule has 1 aliphatic rings. The van der Waals surface area contributed by atoms with Crippen molar-refractivity contribution < 1.29 is 0 Å². The summed E-state index contributed by atoms with van der Waals surface area (Å²) in [5.41, 5.74) is 5.14. The quantitative estimate of drug-likeness (QED) is 0.737. The second kappa shape index (κ2) is 5.62. The largest absolute Gasteiger partial charge is 0.380 e. The third kappa shape index (κ3) is 2.44. The highest BCUT2D eigenvalue weighted by Crippen LogP contribution is 2.32. The minimum atomic E-state index is 0.764. The molecule has 22 heavy (non-hydrogen) atoms. The predicted octanol–water partition coefficient (Wildman–Crippen LogP) is 4.99. The third-order valence-electron chi connectivity index (χ3n) is 4.42. The van der Waals surface area contributed by atoms with Crippen molar-refractivity contribution in [2.45, 2.75) is 25.8 Å². The summed E-state index contributed by atoms with van der Waals surface area (Å²) < 4.78 is 0. The Balaban J connectivity index is 1.62. The van der Waals surface area contributed by atoms with Crippen LogP contribution in [-0.2, 0) is 19.4 Å². The van der Waals surface area contributed by atoms with Crippen LogP contribution in [0, 0.1) is 0 Å². The summed E-state index contributed by atoms with van der Waals surface area (Å²) in [5.74, 6) is 0. The van der Waals surface area contributed by atoms with E-state index in [0.29, 0.717) is 0 Å². The molecule has 0 fully saturated rings. The smallest absolute Gasteiger partial charge is 0.0640 e. The normalized spacial score (nSPS) is 13.3. The second-order valence-corrected chi connectivity index (χ2v) is 6.23. The van der Waals surface area contributed by atoms with E-state index in [4.69, 9.17) is 11.6 Å². The molecule has 0 radical (unpaired) electrons. The first-order valence-corrected chi connectivity index (χ1v) is 8.06. The summed E-state index contributed by atoms with van der Waals surface area (Å²) in [6.45, 7) is 0.764. The fraction of sp³-hybridized carbons (Fsp3) is 0.211. The van der Waals surface area contributed by atoms with Crippen molar-refractivity contribution in [1.82, 2.24) is 4.98 Å². The molecule has 0 saturated carbocycles. The van der Waals surface area contributed by atoms with Gasteiger partial charge in [-0.15, -0.1) is 0 Å². The maximum atomic E-state index is 6.42. The molecule has 0 unspecified atom stereocenters. The van der Waals surface area contributed by atoms with Crippen LogP contribution in [0.5, 0.6) is 0 Å². The number of anilines is 1. The molecule has 3 heteroatoms. The molecule has 110 valence electrons. The summed E-state index contributed by atoms with van der Waals surface area (Å²) in [7, 11) is 0. The molecule has 0 saturated heterocycles. The van der Waals surface area contributed by atoms with Gasteiger partial charge in [0.1, 0.15) is 0 Å². The first-order valence-electron chi connectivity index (χ1n) is 7.68. The maximum absolute atomic E-state index is 6.42. The topological polar surface area (TPSA) is 24.9 Å². The average Bonchev–Trinajstić information content (AvgIpc) is 2.99. The van der Waals surface area contributed by atoms with Gasteiger partial charge in [-0.05, 0) is 59.5 Å². The molecule has 1 aliphatic carbocycles. The molecular formula is C19H17ClN2. The highest BCUT2D eigenvalue weighted by Gasteiger charge is 2.14. The van der Waals surface area contributed by atoms with Crippen LogP contribution in [0.15, 0.2) is 48.8 Å². The summed E-state index contributed by atoms with van der Waals surface area (Å²) in [6.07, 6.45) is 7.31. The van der Waals surface area contributed by atoms with E-state index in [2.05, 4.69) is 46.7 Å². The molecule has 1 heterocycles. The highest BCUT2D eigenvalue weighted by molar-refractivity contribution is 6.33. The number of halogens is 1. The second-order valence-electron chi connectivity index (χ2n) is 5.82. The monoisotopic (exact) mass is 308 g/mol. The number of hydrogen-bond donors (Lipinski definition) is 1. The molecule has 0 amide bonds. The van der Waals surface area contributed by atoms with Crippen molar-refractivity contribution in [2.75, 3.05) is 5.32 Å². The molecular weight excluding hydrogens is 292 g/mol. The number of rotatable bonds is 3. The first-order chi connectivity index (χ1) is 10.8. The fourth-order valence-electron chi connectivity index (χ4n) is 3.26. The number of fused-ring (bicyclic) bond motifs is 2. The van der Waals surface area contributed by atoms with Gasteiger partial charge in [-0.3, -0.25) is 4.98 Å². The first kappa shape index (κ1) is 13.6. The predicted molar refractivity (Wildman–Crippen MR) is 92.5 cm³/mol. The van der Waals surface area contributed by atoms with Crippen molar-refractivity contribution in [1.29, 1.82) is 0 Å². The average molecular weight is 309 g/mol. The lowest BCUT2D eigenvalue weighted by atomic mass is 10.1. The van der Waals surface area contributed by atoms with Crippen molar-refractivity contribution in [3.05, 3.63) is 70.5 Å². The van der Waals surface area contributed by atoms with Crippen molar-refractivity contribution in [3.63, 3.8) is 0 Å². The van der Waals surface area contributed by atoms with Gasteiger partial charge in [0.05, 0.1) is 10.7 Å².